The van der Waals surface area contributed by atoms with Crippen LogP contribution in [0.3, 0.4) is 0 Å². The molecule has 3 heteroatoms. The Labute approximate surface area is 72.3 Å². The highest BCUT2D eigenvalue weighted by Gasteiger charge is 2.18. The van der Waals surface area contributed by atoms with Crippen molar-refractivity contribution < 1.29 is 4.74 Å². The Morgan fingerprint density at radius 3 is 2.33 bits per heavy atom. The highest BCUT2D eigenvalue weighted by Crippen LogP contribution is 2.08. The summed E-state index contributed by atoms with van der Waals surface area (Å²) in [6.45, 7) is 5.85. The first-order valence-electron chi connectivity index (χ1n) is 4.26. The molecule has 0 amide bonds. The molecule has 1 N–H and O–H groups in total. The number of hydrogen-bond donors (Lipinski definition) is 1. The molecule has 1 aliphatic rings. The van der Waals surface area contributed by atoms with Gasteiger partial charge in [-0.2, -0.15) is 0 Å². The van der Waals surface area contributed by atoms with Crippen LogP contribution in [0.4, 0.5) is 0 Å². The molecule has 0 spiro atoms. The molecule has 12 heavy (non-hydrogen) atoms. The molecule has 0 saturated carbocycles. The number of nitrogens with zero attached hydrogens (tertiary/aromatic N) is 1. The summed E-state index contributed by atoms with van der Waals surface area (Å²) in [5.41, 5.74) is 5.89. The van der Waals surface area contributed by atoms with Crippen LogP contribution in [-0.2, 0) is 4.74 Å². The Hall–Kier alpha value is -0.960. The lowest BCUT2D eigenvalue weighted by molar-refractivity contribution is 0.0157. The Bertz CT molecular complexity index is 257. The number of rotatable bonds is 2. The van der Waals surface area contributed by atoms with E-state index in [1.54, 1.807) is 0 Å². The highest BCUT2D eigenvalue weighted by atomic mass is 16.5. The van der Waals surface area contributed by atoms with Gasteiger partial charge in [-0.3, -0.25) is 4.68 Å². The number of nitrogens with one attached hydrogen (secondary N) is 1. The van der Waals surface area contributed by atoms with Crippen molar-refractivity contribution in [3.8, 4) is 0 Å². The third-order valence-corrected chi connectivity index (χ3v) is 2.22. The second kappa shape index (κ2) is 2.83. The molecule has 0 bridgehead atoms. The lowest BCUT2D eigenvalue weighted by Gasteiger charge is -2.29. The summed E-state index contributed by atoms with van der Waals surface area (Å²) in [6, 6.07) is 4.72. The van der Waals surface area contributed by atoms with Crippen molar-refractivity contribution >= 4 is 0 Å². The Kier molecular flexibility index (Phi) is 1.81. The minimum absolute atomic E-state index is 0.495. The first-order chi connectivity index (χ1) is 5.77. The first-order valence-corrected chi connectivity index (χ1v) is 4.26. The van der Waals surface area contributed by atoms with Crippen LogP contribution in [0.15, 0.2) is 12.1 Å². The van der Waals surface area contributed by atoms with Crippen molar-refractivity contribution in [3.05, 3.63) is 23.5 Å². The van der Waals surface area contributed by atoms with E-state index in [4.69, 9.17) is 4.74 Å². The van der Waals surface area contributed by atoms with E-state index in [1.807, 2.05) is 0 Å². The van der Waals surface area contributed by atoms with Gasteiger partial charge < -0.3 is 10.2 Å². The maximum absolute atomic E-state index is 5.09. The van der Waals surface area contributed by atoms with Crippen LogP contribution >= 0.6 is 0 Å². The Morgan fingerprint density at radius 2 is 1.92 bits per heavy atom. The van der Waals surface area contributed by atoms with Crippen molar-refractivity contribution in [2.75, 3.05) is 18.6 Å². The third kappa shape index (κ3) is 1.20. The molecule has 0 unspecified atom stereocenters. The molecule has 1 aliphatic heterocycles. The van der Waals surface area contributed by atoms with Crippen LogP contribution in [0.2, 0.25) is 0 Å². The van der Waals surface area contributed by atoms with E-state index in [2.05, 4.69) is 36.1 Å². The molecular formula is C9H14N2O. The average molecular weight is 166 g/mol. The molecule has 66 valence electrons. The standard InChI is InChI=1S/C9H14N2O/c1-7-3-4-8(2)11(7)10-9-5-12-6-9/h3-4,9-10H,5-6H2,1-2H3. The van der Waals surface area contributed by atoms with Crippen LogP contribution in [0, 0.1) is 13.8 Å². The fourth-order valence-corrected chi connectivity index (χ4v) is 1.36. The normalized spacial score (nSPS) is 17.5. The van der Waals surface area contributed by atoms with Crippen LogP contribution in [0.1, 0.15) is 11.4 Å². The fraction of sp³-hybridized carbons (Fsp3) is 0.556. The summed E-state index contributed by atoms with van der Waals surface area (Å²) in [7, 11) is 0. The molecule has 1 saturated heterocycles. The summed E-state index contributed by atoms with van der Waals surface area (Å²) in [5.74, 6) is 0. The van der Waals surface area contributed by atoms with E-state index < -0.39 is 0 Å². The molecule has 0 aromatic carbocycles. The summed E-state index contributed by atoms with van der Waals surface area (Å²) in [5, 5.41) is 0. The molecule has 1 aromatic heterocycles. The maximum Gasteiger partial charge on any atom is 0.0891 e. The lowest BCUT2D eigenvalue weighted by Crippen LogP contribution is -2.44. The van der Waals surface area contributed by atoms with Gasteiger partial charge in [0, 0.05) is 11.4 Å². The van der Waals surface area contributed by atoms with Gasteiger partial charge in [-0.1, -0.05) is 0 Å². The fourth-order valence-electron chi connectivity index (χ4n) is 1.36. The van der Waals surface area contributed by atoms with E-state index in [1.165, 1.54) is 11.4 Å². The largest absolute Gasteiger partial charge is 0.377 e. The van der Waals surface area contributed by atoms with Crippen LogP contribution in [0.25, 0.3) is 0 Å². The molecule has 1 fully saturated rings. The molecule has 2 heterocycles. The summed E-state index contributed by atoms with van der Waals surface area (Å²) < 4.78 is 7.21. The van der Waals surface area contributed by atoms with Gasteiger partial charge in [0.05, 0.1) is 19.3 Å². The quantitative estimate of drug-likeness (QED) is 0.710. The van der Waals surface area contributed by atoms with Gasteiger partial charge in [0.25, 0.3) is 0 Å². The summed E-state index contributed by atoms with van der Waals surface area (Å²) in [4.78, 5) is 0. The highest BCUT2D eigenvalue weighted by molar-refractivity contribution is 5.16. The second-order valence-corrected chi connectivity index (χ2v) is 3.31. The predicted octanol–water partition coefficient (Wildman–Crippen LogP) is 1.05. The SMILES string of the molecule is Cc1ccc(C)n1NC1COC1. The smallest absolute Gasteiger partial charge is 0.0891 e. The first kappa shape index (κ1) is 7.68. The molecule has 0 atom stereocenters. The maximum atomic E-state index is 5.09. The number of hydrogen-bond acceptors (Lipinski definition) is 2. The van der Waals surface area contributed by atoms with Gasteiger partial charge in [0.2, 0.25) is 0 Å². The minimum Gasteiger partial charge on any atom is -0.377 e. The van der Waals surface area contributed by atoms with Crippen molar-refractivity contribution in [1.82, 2.24) is 4.68 Å². The Balaban J connectivity index is 2.10. The average Bonchev–Trinajstić information content (AvgIpc) is 2.25. The van der Waals surface area contributed by atoms with Gasteiger partial charge in [-0.05, 0) is 26.0 Å². The Morgan fingerprint density at radius 1 is 1.33 bits per heavy atom. The van der Waals surface area contributed by atoms with Crippen LogP contribution in [-0.4, -0.2) is 23.9 Å². The zero-order chi connectivity index (χ0) is 8.55. The zero-order valence-corrected chi connectivity index (χ0v) is 7.50. The number of aromatic nitrogens is 1. The van der Waals surface area contributed by atoms with E-state index in [9.17, 15) is 0 Å². The third-order valence-electron chi connectivity index (χ3n) is 2.22. The van der Waals surface area contributed by atoms with Gasteiger partial charge in [0.15, 0.2) is 0 Å². The van der Waals surface area contributed by atoms with Crippen molar-refractivity contribution in [2.45, 2.75) is 19.9 Å². The molecule has 0 radical (unpaired) electrons. The molecular weight excluding hydrogens is 152 g/mol. The van der Waals surface area contributed by atoms with Crippen molar-refractivity contribution in [2.24, 2.45) is 0 Å². The van der Waals surface area contributed by atoms with E-state index >= 15 is 0 Å². The van der Waals surface area contributed by atoms with Gasteiger partial charge in [0.1, 0.15) is 0 Å². The van der Waals surface area contributed by atoms with Gasteiger partial charge in [-0.15, -0.1) is 0 Å². The molecule has 1 aromatic rings. The van der Waals surface area contributed by atoms with E-state index in [0.29, 0.717) is 6.04 Å². The van der Waals surface area contributed by atoms with Crippen LogP contribution < -0.4 is 5.43 Å². The van der Waals surface area contributed by atoms with Crippen molar-refractivity contribution in [3.63, 3.8) is 0 Å². The number of aryl methyl sites for hydroxylation is 2. The molecule has 0 aliphatic carbocycles. The van der Waals surface area contributed by atoms with Crippen molar-refractivity contribution in [1.29, 1.82) is 0 Å². The second-order valence-electron chi connectivity index (χ2n) is 3.31. The minimum atomic E-state index is 0.495. The summed E-state index contributed by atoms with van der Waals surface area (Å²) in [6.07, 6.45) is 0. The lowest BCUT2D eigenvalue weighted by atomic mass is 10.3. The zero-order valence-electron chi connectivity index (χ0n) is 7.50. The van der Waals surface area contributed by atoms with E-state index in [-0.39, 0.29) is 0 Å². The molecule has 3 nitrogen and oxygen atoms in total. The van der Waals surface area contributed by atoms with Crippen LogP contribution in [0.5, 0.6) is 0 Å². The van der Waals surface area contributed by atoms with Gasteiger partial charge in [-0.25, -0.2) is 0 Å². The summed E-state index contributed by atoms with van der Waals surface area (Å²) >= 11 is 0. The van der Waals surface area contributed by atoms with E-state index in [0.717, 1.165) is 13.2 Å². The molecule has 2 rings (SSSR count). The topological polar surface area (TPSA) is 26.2 Å². The predicted molar refractivity (Wildman–Crippen MR) is 47.9 cm³/mol. The number of ether oxygens (including phenoxy) is 1. The monoisotopic (exact) mass is 166 g/mol. The van der Waals surface area contributed by atoms with Gasteiger partial charge >= 0.3 is 0 Å².